The molecule has 0 bridgehead atoms. The van der Waals surface area contributed by atoms with E-state index in [1.165, 1.54) is 43.3 Å². The van der Waals surface area contributed by atoms with Gasteiger partial charge in [0.05, 0.1) is 11.4 Å². The summed E-state index contributed by atoms with van der Waals surface area (Å²) in [6.07, 6.45) is -9.76. The van der Waals surface area contributed by atoms with Crippen LogP contribution in [0.3, 0.4) is 0 Å². The van der Waals surface area contributed by atoms with Crippen LogP contribution in [0.25, 0.3) is 0 Å². The molecule has 2 rings (SSSR count). The first-order chi connectivity index (χ1) is 16.3. The Morgan fingerprint density at radius 1 is 0.944 bits per heavy atom. The van der Waals surface area contributed by atoms with Crippen molar-refractivity contribution >= 4 is 46.4 Å². The number of benzene rings is 2. The second-order valence-corrected chi connectivity index (χ2v) is 7.01. The standard InChI is InChI=1S/2C9H7ClF3NO2.CH3NO2/c1-6(15)14(16-9(11,12)13)8-4-2-7(10)3-5-8;1-5(15)14-7-3-2-6(10)4-8(7)16-9(11,12)13;1-2(3)4/h2-5H,1H3;2-4H,1H3,(H,14,15);1H3. The predicted molar refractivity (Wildman–Crippen MR) is 117 cm³/mol. The van der Waals surface area contributed by atoms with Gasteiger partial charge < -0.3 is 10.1 Å². The lowest BCUT2D eigenvalue weighted by Crippen LogP contribution is -2.35. The zero-order chi connectivity index (χ0) is 28.3. The summed E-state index contributed by atoms with van der Waals surface area (Å²) in [6.45, 7) is 2.13. The van der Waals surface area contributed by atoms with E-state index in [-0.39, 0.29) is 21.5 Å². The van der Waals surface area contributed by atoms with Crippen molar-refractivity contribution in [2.45, 2.75) is 26.6 Å². The average Bonchev–Trinajstić information content (AvgIpc) is 2.67. The molecule has 0 spiro atoms. The van der Waals surface area contributed by atoms with Crippen LogP contribution in [0.5, 0.6) is 5.75 Å². The number of hydrogen-bond acceptors (Lipinski definition) is 6. The van der Waals surface area contributed by atoms with E-state index in [0.717, 1.165) is 20.0 Å². The molecule has 2 aromatic carbocycles. The number of hydrogen-bond donors (Lipinski definition) is 1. The number of hydroxylamine groups is 1. The Morgan fingerprint density at radius 2 is 1.42 bits per heavy atom. The molecule has 2 aromatic rings. The number of halogens is 8. The van der Waals surface area contributed by atoms with E-state index >= 15 is 0 Å². The van der Waals surface area contributed by atoms with Crippen molar-refractivity contribution in [3.05, 3.63) is 62.6 Å². The number of rotatable bonds is 4. The highest BCUT2D eigenvalue weighted by atomic mass is 35.5. The molecule has 0 unspecified atom stereocenters. The van der Waals surface area contributed by atoms with E-state index in [0.29, 0.717) is 5.02 Å². The fourth-order valence-electron chi connectivity index (χ4n) is 1.98. The van der Waals surface area contributed by atoms with Gasteiger partial charge in [-0.25, -0.2) is 0 Å². The third-order valence-corrected chi connectivity index (χ3v) is 3.51. The SMILES string of the molecule is CC(=O)N(OC(F)(F)F)c1ccc(Cl)cc1.CC(=O)Nc1ccc(Cl)cc1OC(F)(F)F.C[N+](=O)[O-]. The molecule has 0 saturated carbocycles. The Labute approximate surface area is 209 Å². The van der Waals surface area contributed by atoms with Gasteiger partial charge in [0.15, 0.2) is 12.8 Å². The number of carbonyl (C=O) groups excluding carboxylic acids is 2. The van der Waals surface area contributed by atoms with Gasteiger partial charge >= 0.3 is 12.7 Å². The summed E-state index contributed by atoms with van der Waals surface area (Å²) in [5.74, 6) is -1.94. The molecule has 0 saturated heterocycles. The zero-order valence-corrected chi connectivity index (χ0v) is 19.9. The number of nitrogens with one attached hydrogen (secondary N) is 1. The molecule has 0 aromatic heterocycles. The first kappa shape index (κ1) is 32.7. The second-order valence-electron chi connectivity index (χ2n) is 6.14. The second kappa shape index (κ2) is 14.3. The monoisotopic (exact) mass is 567 g/mol. The van der Waals surface area contributed by atoms with E-state index in [9.17, 15) is 35.9 Å². The molecule has 0 aliphatic rings. The fraction of sp³-hybridized carbons (Fsp3) is 0.263. The molecular formula is C19H17Cl2F6N3O6. The van der Waals surface area contributed by atoms with Crippen LogP contribution in [-0.4, -0.2) is 36.5 Å². The van der Waals surface area contributed by atoms with Gasteiger partial charge in [-0.2, -0.15) is 9.90 Å². The number of nitro groups is 1. The van der Waals surface area contributed by atoms with Crippen LogP contribution >= 0.6 is 23.2 Å². The van der Waals surface area contributed by atoms with E-state index in [4.69, 9.17) is 33.3 Å². The minimum absolute atomic E-state index is 0.0470. The van der Waals surface area contributed by atoms with Crippen LogP contribution in [0.15, 0.2) is 42.5 Å². The third-order valence-electron chi connectivity index (χ3n) is 3.02. The van der Waals surface area contributed by atoms with Gasteiger partial charge in [0.25, 0.3) is 0 Å². The quantitative estimate of drug-likeness (QED) is 0.266. The summed E-state index contributed by atoms with van der Waals surface area (Å²) in [4.78, 5) is 33.6. The minimum Gasteiger partial charge on any atom is -0.404 e. The number of carbonyl (C=O) groups is 2. The van der Waals surface area contributed by atoms with Gasteiger partial charge in [0.1, 0.15) is 0 Å². The van der Waals surface area contributed by atoms with Gasteiger partial charge in [0.2, 0.25) is 11.8 Å². The molecule has 0 atom stereocenters. The van der Waals surface area contributed by atoms with Crippen LogP contribution in [-0.2, 0) is 14.4 Å². The van der Waals surface area contributed by atoms with Crippen LogP contribution < -0.4 is 15.1 Å². The van der Waals surface area contributed by atoms with E-state index in [2.05, 4.69) is 14.9 Å². The highest BCUT2D eigenvalue weighted by molar-refractivity contribution is 6.31. The molecule has 17 heteroatoms. The van der Waals surface area contributed by atoms with Crippen molar-refractivity contribution in [1.82, 2.24) is 0 Å². The van der Waals surface area contributed by atoms with Gasteiger partial charge in [-0.15, -0.1) is 26.3 Å². The topological polar surface area (TPSA) is 111 Å². The molecule has 2 amide bonds. The molecular weight excluding hydrogens is 551 g/mol. The number of amides is 2. The first-order valence-corrected chi connectivity index (χ1v) is 9.79. The lowest BCUT2D eigenvalue weighted by molar-refractivity contribution is -0.445. The van der Waals surface area contributed by atoms with Crippen molar-refractivity contribution in [1.29, 1.82) is 0 Å². The average molecular weight is 568 g/mol. The largest absolute Gasteiger partial charge is 0.573 e. The van der Waals surface area contributed by atoms with Crippen molar-refractivity contribution in [2.75, 3.05) is 17.4 Å². The summed E-state index contributed by atoms with van der Waals surface area (Å²) >= 11 is 11.1. The summed E-state index contributed by atoms with van der Waals surface area (Å²) in [5, 5.41) is 11.6. The number of alkyl halides is 6. The van der Waals surface area contributed by atoms with E-state index < -0.39 is 35.2 Å². The Hall–Kier alpha value is -3.30. The van der Waals surface area contributed by atoms with Gasteiger partial charge in [0, 0.05) is 34.9 Å². The number of nitrogens with zero attached hydrogens (tertiary/aromatic N) is 2. The third kappa shape index (κ3) is 15.6. The molecule has 0 fully saturated rings. The first-order valence-electron chi connectivity index (χ1n) is 9.03. The zero-order valence-electron chi connectivity index (χ0n) is 18.4. The molecule has 200 valence electrons. The van der Waals surface area contributed by atoms with Gasteiger partial charge in [-0.3, -0.25) is 19.7 Å². The van der Waals surface area contributed by atoms with Crippen molar-refractivity contribution in [3.8, 4) is 5.75 Å². The highest BCUT2D eigenvalue weighted by Gasteiger charge is 2.35. The van der Waals surface area contributed by atoms with Gasteiger partial charge in [-0.05, 0) is 36.4 Å². The molecule has 9 nitrogen and oxygen atoms in total. The number of ether oxygens (including phenoxy) is 1. The Morgan fingerprint density at radius 3 is 1.81 bits per heavy atom. The van der Waals surface area contributed by atoms with E-state index in [1.54, 1.807) is 0 Å². The Balaban J connectivity index is 0.000000593. The maximum atomic E-state index is 12.0. The van der Waals surface area contributed by atoms with Gasteiger partial charge in [-0.1, -0.05) is 23.2 Å². The molecule has 0 aliphatic carbocycles. The van der Waals surface area contributed by atoms with Crippen LogP contribution in [0.4, 0.5) is 37.7 Å². The molecule has 0 aliphatic heterocycles. The summed E-state index contributed by atoms with van der Waals surface area (Å²) in [7, 11) is 0.889. The fourth-order valence-corrected chi connectivity index (χ4v) is 2.27. The van der Waals surface area contributed by atoms with Crippen LogP contribution in [0.2, 0.25) is 10.0 Å². The summed E-state index contributed by atoms with van der Waals surface area (Å²) in [6, 6.07) is 8.74. The van der Waals surface area contributed by atoms with Crippen LogP contribution in [0.1, 0.15) is 13.8 Å². The minimum atomic E-state index is -4.93. The van der Waals surface area contributed by atoms with Crippen molar-refractivity contribution < 1.29 is 50.4 Å². The molecule has 1 N–H and O–H groups in total. The molecule has 36 heavy (non-hydrogen) atoms. The smallest absolute Gasteiger partial charge is 0.404 e. The predicted octanol–water partition coefficient (Wildman–Crippen LogP) is 6.23. The maximum absolute atomic E-state index is 12.0. The lowest BCUT2D eigenvalue weighted by atomic mass is 10.3. The van der Waals surface area contributed by atoms with E-state index in [1.807, 2.05) is 0 Å². The normalized spacial score (nSPS) is 10.6. The Bertz CT molecular complexity index is 1030. The summed E-state index contributed by atoms with van der Waals surface area (Å²) < 4.78 is 75.7. The summed E-state index contributed by atoms with van der Waals surface area (Å²) in [5.41, 5.74) is -0.136. The van der Waals surface area contributed by atoms with Crippen LogP contribution in [0, 0.1) is 10.1 Å². The molecule has 0 heterocycles. The van der Waals surface area contributed by atoms with Crippen molar-refractivity contribution in [2.24, 2.45) is 0 Å². The van der Waals surface area contributed by atoms with Crippen molar-refractivity contribution in [3.63, 3.8) is 0 Å². The lowest BCUT2D eigenvalue weighted by Gasteiger charge is -2.21. The number of anilines is 2. The Kier molecular flexibility index (Phi) is 13.0. The highest BCUT2D eigenvalue weighted by Crippen LogP contribution is 2.32. The molecule has 0 radical (unpaired) electrons. The maximum Gasteiger partial charge on any atom is 0.573 e.